The van der Waals surface area contributed by atoms with E-state index in [4.69, 9.17) is 5.11 Å². The Balaban J connectivity index is 1.93. The fourth-order valence-corrected chi connectivity index (χ4v) is 2.07. The molecule has 2 amide bonds. The first-order valence-electron chi connectivity index (χ1n) is 8.19. The molecule has 6 nitrogen and oxygen atoms in total. The summed E-state index contributed by atoms with van der Waals surface area (Å²) in [5.41, 5.74) is 1.61. The van der Waals surface area contributed by atoms with E-state index in [2.05, 4.69) is 10.6 Å². The van der Waals surface area contributed by atoms with Gasteiger partial charge in [-0.2, -0.15) is 0 Å². The number of carboxylic acid groups (broad SMARTS) is 1. The highest BCUT2D eigenvalue weighted by Crippen LogP contribution is 2.17. The van der Waals surface area contributed by atoms with Gasteiger partial charge in [0, 0.05) is 23.2 Å². The first-order valence-corrected chi connectivity index (χ1v) is 8.19. The summed E-state index contributed by atoms with van der Waals surface area (Å²) >= 11 is 0. The van der Waals surface area contributed by atoms with Crippen LogP contribution in [-0.4, -0.2) is 22.9 Å². The van der Waals surface area contributed by atoms with Crippen LogP contribution in [0.4, 0.5) is 5.69 Å². The standard InChI is InChI=1S/C20H22N2O4/c1-20(2,3)19(26)22-16-10-8-14(9-11-16)17(23)21-12-13-4-6-15(7-5-13)18(24)25/h4-11H,12H2,1-3H3,(H,21,23)(H,22,26)(H,24,25). The van der Waals surface area contributed by atoms with Crippen molar-refractivity contribution in [1.82, 2.24) is 5.32 Å². The fourth-order valence-electron chi connectivity index (χ4n) is 2.07. The Morgan fingerprint density at radius 3 is 1.92 bits per heavy atom. The highest BCUT2D eigenvalue weighted by molar-refractivity contribution is 5.97. The second kappa shape index (κ2) is 7.82. The number of hydrogen-bond donors (Lipinski definition) is 3. The molecule has 0 heterocycles. The molecule has 0 fully saturated rings. The minimum absolute atomic E-state index is 0.0977. The van der Waals surface area contributed by atoms with Crippen LogP contribution in [0.2, 0.25) is 0 Å². The van der Waals surface area contributed by atoms with Crippen LogP contribution in [0, 0.1) is 5.41 Å². The Kier molecular flexibility index (Phi) is 5.77. The maximum Gasteiger partial charge on any atom is 0.335 e. The van der Waals surface area contributed by atoms with E-state index in [9.17, 15) is 14.4 Å². The van der Waals surface area contributed by atoms with Crippen molar-refractivity contribution < 1.29 is 19.5 Å². The van der Waals surface area contributed by atoms with Gasteiger partial charge in [0.05, 0.1) is 5.56 Å². The molecule has 2 rings (SSSR count). The molecule has 0 unspecified atom stereocenters. The summed E-state index contributed by atoms with van der Waals surface area (Å²) in [6.07, 6.45) is 0. The molecular formula is C20H22N2O4. The largest absolute Gasteiger partial charge is 0.478 e. The number of carbonyl (C=O) groups excluding carboxylic acids is 2. The van der Waals surface area contributed by atoms with Gasteiger partial charge in [-0.3, -0.25) is 9.59 Å². The zero-order valence-electron chi connectivity index (χ0n) is 15.0. The highest BCUT2D eigenvalue weighted by atomic mass is 16.4. The predicted octanol–water partition coefficient (Wildman–Crippen LogP) is 3.30. The lowest BCUT2D eigenvalue weighted by Gasteiger charge is -2.17. The number of rotatable bonds is 5. The summed E-state index contributed by atoms with van der Waals surface area (Å²) in [5, 5.41) is 14.4. The van der Waals surface area contributed by atoms with E-state index in [0.717, 1.165) is 5.56 Å². The van der Waals surface area contributed by atoms with Gasteiger partial charge in [0.25, 0.3) is 5.91 Å². The van der Waals surface area contributed by atoms with Gasteiger partial charge >= 0.3 is 5.97 Å². The molecule has 136 valence electrons. The van der Waals surface area contributed by atoms with Crippen LogP contribution in [0.5, 0.6) is 0 Å². The third-order valence-electron chi connectivity index (χ3n) is 3.74. The van der Waals surface area contributed by atoms with Gasteiger partial charge < -0.3 is 15.7 Å². The Hall–Kier alpha value is -3.15. The highest BCUT2D eigenvalue weighted by Gasteiger charge is 2.21. The van der Waals surface area contributed by atoms with Gasteiger partial charge in [-0.25, -0.2) is 4.79 Å². The van der Waals surface area contributed by atoms with Crippen LogP contribution in [0.3, 0.4) is 0 Å². The van der Waals surface area contributed by atoms with E-state index in [0.29, 0.717) is 17.8 Å². The van der Waals surface area contributed by atoms with Gasteiger partial charge in [-0.1, -0.05) is 32.9 Å². The lowest BCUT2D eigenvalue weighted by molar-refractivity contribution is -0.123. The molecule has 0 atom stereocenters. The first-order chi connectivity index (χ1) is 12.2. The zero-order valence-corrected chi connectivity index (χ0v) is 15.0. The van der Waals surface area contributed by atoms with Crippen molar-refractivity contribution >= 4 is 23.5 Å². The SMILES string of the molecule is CC(C)(C)C(=O)Nc1ccc(C(=O)NCc2ccc(C(=O)O)cc2)cc1. The summed E-state index contributed by atoms with van der Waals surface area (Å²) in [7, 11) is 0. The molecule has 0 spiro atoms. The second-order valence-corrected chi connectivity index (χ2v) is 6.97. The number of benzene rings is 2. The summed E-state index contributed by atoms with van der Waals surface area (Å²) < 4.78 is 0. The molecule has 0 bridgehead atoms. The molecule has 0 aliphatic carbocycles. The topological polar surface area (TPSA) is 95.5 Å². The number of carboxylic acids is 1. The number of anilines is 1. The van der Waals surface area contributed by atoms with Gasteiger partial charge in [0.15, 0.2) is 0 Å². The van der Waals surface area contributed by atoms with Gasteiger partial charge in [0.2, 0.25) is 5.91 Å². The summed E-state index contributed by atoms with van der Waals surface area (Å²) in [5.74, 6) is -1.33. The lowest BCUT2D eigenvalue weighted by atomic mass is 9.95. The molecule has 0 aromatic heterocycles. The Morgan fingerprint density at radius 1 is 0.885 bits per heavy atom. The van der Waals surface area contributed by atoms with Crippen LogP contribution in [-0.2, 0) is 11.3 Å². The van der Waals surface area contributed by atoms with E-state index >= 15 is 0 Å². The first kappa shape index (κ1) is 19.2. The van der Waals surface area contributed by atoms with E-state index in [1.54, 1.807) is 36.4 Å². The average Bonchev–Trinajstić information content (AvgIpc) is 2.59. The maximum absolute atomic E-state index is 12.2. The van der Waals surface area contributed by atoms with Crippen molar-refractivity contribution in [2.45, 2.75) is 27.3 Å². The maximum atomic E-state index is 12.2. The van der Waals surface area contributed by atoms with Crippen LogP contribution in [0.25, 0.3) is 0 Å². The average molecular weight is 354 g/mol. The normalized spacial score (nSPS) is 10.9. The van der Waals surface area contributed by atoms with Crippen molar-refractivity contribution in [2.24, 2.45) is 5.41 Å². The Bertz CT molecular complexity index is 803. The number of carbonyl (C=O) groups is 3. The van der Waals surface area contributed by atoms with Crippen LogP contribution >= 0.6 is 0 Å². The molecule has 0 radical (unpaired) electrons. The van der Waals surface area contributed by atoms with Gasteiger partial charge in [-0.05, 0) is 42.0 Å². The quantitative estimate of drug-likeness (QED) is 0.768. The van der Waals surface area contributed by atoms with E-state index < -0.39 is 11.4 Å². The zero-order chi connectivity index (χ0) is 19.3. The third-order valence-corrected chi connectivity index (χ3v) is 3.74. The van der Waals surface area contributed by atoms with Crippen molar-refractivity contribution in [3.05, 3.63) is 65.2 Å². The number of aromatic carboxylic acids is 1. The monoisotopic (exact) mass is 354 g/mol. The number of amides is 2. The molecule has 0 aliphatic heterocycles. The molecule has 2 aromatic carbocycles. The number of hydrogen-bond acceptors (Lipinski definition) is 3. The number of nitrogens with one attached hydrogen (secondary N) is 2. The van der Waals surface area contributed by atoms with Crippen molar-refractivity contribution in [3.63, 3.8) is 0 Å². The van der Waals surface area contributed by atoms with Crippen LogP contribution in [0.15, 0.2) is 48.5 Å². The minimum atomic E-state index is -0.987. The molecule has 2 aromatic rings. The van der Waals surface area contributed by atoms with Crippen LogP contribution < -0.4 is 10.6 Å². The summed E-state index contributed by atoms with van der Waals surface area (Å²) in [6, 6.07) is 13.0. The lowest BCUT2D eigenvalue weighted by Crippen LogP contribution is -2.27. The molecule has 26 heavy (non-hydrogen) atoms. The molecule has 0 aliphatic rings. The Labute approximate surface area is 152 Å². The smallest absolute Gasteiger partial charge is 0.335 e. The van der Waals surface area contributed by atoms with Crippen molar-refractivity contribution in [1.29, 1.82) is 0 Å². The predicted molar refractivity (Wildman–Crippen MR) is 99.1 cm³/mol. The van der Waals surface area contributed by atoms with Crippen LogP contribution in [0.1, 0.15) is 47.1 Å². The molecule has 0 saturated carbocycles. The molecule has 0 saturated heterocycles. The minimum Gasteiger partial charge on any atom is -0.478 e. The Morgan fingerprint density at radius 2 is 1.42 bits per heavy atom. The van der Waals surface area contributed by atoms with Gasteiger partial charge in [0.1, 0.15) is 0 Å². The van der Waals surface area contributed by atoms with E-state index in [-0.39, 0.29) is 17.4 Å². The van der Waals surface area contributed by atoms with Crippen molar-refractivity contribution in [3.8, 4) is 0 Å². The third kappa shape index (κ3) is 5.17. The summed E-state index contributed by atoms with van der Waals surface area (Å²) in [4.78, 5) is 35.0. The van der Waals surface area contributed by atoms with E-state index in [1.165, 1.54) is 12.1 Å². The second-order valence-electron chi connectivity index (χ2n) is 6.97. The van der Waals surface area contributed by atoms with Crippen molar-refractivity contribution in [2.75, 3.05) is 5.32 Å². The molecular weight excluding hydrogens is 332 g/mol. The van der Waals surface area contributed by atoms with Gasteiger partial charge in [-0.15, -0.1) is 0 Å². The molecule has 6 heteroatoms. The van der Waals surface area contributed by atoms with E-state index in [1.807, 2.05) is 20.8 Å². The fraction of sp³-hybridized carbons (Fsp3) is 0.250. The summed E-state index contributed by atoms with van der Waals surface area (Å²) in [6.45, 7) is 5.77. The molecule has 3 N–H and O–H groups in total.